The monoisotopic (exact) mass is 374 g/mol. The largest absolute Gasteiger partial charge is 0.493 e. The molecular formula is C19H22N2O4S. The summed E-state index contributed by atoms with van der Waals surface area (Å²) in [6.07, 6.45) is 2.20. The van der Waals surface area contributed by atoms with Crippen LogP contribution in [0, 0.1) is 0 Å². The Morgan fingerprint density at radius 2 is 1.92 bits per heavy atom. The normalized spacial score (nSPS) is 14.3. The molecule has 3 rings (SSSR count). The van der Waals surface area contributed by atoms with E-state index in [2.05, 4.69) is 10.3 Å². The molecule has 1 aliphatic rings. The van der Waals surface area contributed by atoms with Gasteiger partial charge in [-0.1, -0.05) is 18.2 Å². The molecule has 0 saturated heterocycles. The number of sulfone groups is 1. The van der Waals surface area contributed by atoms with E-state index in [0.29, 0.717) is 23.0 Å². The first-order valence-corrected chi connectivity index (χ1v) is 10.3. The molecule has 0 aromatic heterocycles. The molecule has 0 unspecified atom stereocenters. The standard InChI is InChI=1S/C19H22N2O4S/c1-24-17-6-3-5-16(19-20-11-4-12-21-19)18(17)25-13-14-7-9-15(10-8-14)26(2,22)23/h3,5-10H,4,11-13H2,1-2H3,(H,20,21). The molecule has 0 radical (unpaired) electrons. The maximum Gasteiger partial charge on any atom is 0.175 e. The molecule has 0 fully saturated rings. The molecule has 2 aromatic carbocycles. The molecule has 7 heteroatoms. The van der Waals surface area contributed by atoms with E-state index in [4.69, 9.17) is 9.47 Å². The second-order valence-corrected chi connectivity index (χ2v) is 8.07. The van der Waals surface area contributed by atoms with Crippen molar-refractivity contribution in [3.63, 3.8) is 0 Å². The Labute approximate surface area is 153 Å². The molecule has 0 saturated carbocycles. The Kier molecular flexibility index (Phi) is 5.46. The zero-order valence-electron chi connectivity index (χ0n) is 14.9. The zero-order chi connectivity index (χ0) is 18.6. The van der Waals surface area contributed by atoms with E-state index in [9.17, 15) is 8.42 Å². The fourth-order valence-electron chi connectivity index (χ4n) is 2.71. The van der Waals surface area contributed by atoms with Gasteiger partial charge in [-0.05, 0) is 36.2 Å². The lowest BCUT2D eigenvalue weighted by molar-refractivity contribution is 0.283. The first kappa shape index (κ1) is 18.3. The van der Waals surface area contributed by atoms with Crippen LogP contribution < -0.4 is 14.8 Å². The second kappa shape index (κ2) is 7.78. The number of nitrogens with zero attached hydrogens (tertiary/aromatic N) is 1. The summed E-state index contributed by atoms with van der Waals surface area (Å²) in [5.41, 5.74) is 1.73. The highest BCUT2D eigenvalue weighted by Crippen LogP contribution is 2.32. The Morgan fingerprint density at radius 3 is 2.54 bits per heavy atom. The van der Waals surface area contributed by atoms with E-state index in [-0.39, 0.29) is 0 Å². The Bertz CT molecular complexity index is 906. The number of benzene rings is 2. The summed E-state index contributed by atoms with van der Waals surface area (Å²) in [6, 6.07) is 12.4. The molecule has 0 bridgehead atoms. The maximum atomic E-state index is 11.6. The Hall–Kier alpha value is -2.54. The maximum absolute atomic E-state index is 11.6. The van der Waals surface area contributed by atoms with Crippen molar-refractivity contribution < 1.29 is 17.9 Å². The minimum Gasteiger partial charge on any atom is -0.493 e. The molecule has 0 amide bonds. The molecule has 2 aromatic rings. The average molecular weight is 374 g/mol. The third-order valence-electron chi connectivity index (χ3n) is 4.09. The highest BCUT2D eigenvalue weighted by Gasteiger charge is 2.17. The lowest BCUT2D eigenvalue weighted by Crippen LogP contribution is -2.30. The minimum atomic E-state index is -3.20. The van der Waals surface area contributed by atoms with Gasteiger partial charge in [0.05, 0.1) is 17.6 Å². The predicted octanol–water partition coefficient (Wildman–Crippen LogP) is 2.42. The predicted molar refractivity (Wildman–Crippen MR) is 101 cm³/mol. The van der Waals surface area contributed by atoms with Gasteiger partial charge in [0.15, 0.2) is 21.3 Å². The smallest absolute Gasteiger partial charge is 0.175 e. The van der Waals surface area contributed by atoms with E-state index in [1.54, 1.807) is 31.4 Å². The second-order valence-electron chi connectivity index (χ2n) is 6.05. The van der Waals surface area contributed by atoms with Crippen LogP contribution in [-0.2, 0) is 16.4 Å². The number of methoxy groups -OCH3 is 1. The van der Waals surface area contributed by atoms with Crippen LogP contribution in [0.4, 0.5) is 0 Å². The third-order valence-corrected chi connectivity index (χ3v) is 5.21. The quantitative estimate of drug-likeness (QED) is 0.840. The molecule has 1 heterocycles. The Balaban J connectivity index is 1.84. The summed E-state index contributed by atoms with van der Waals surface area (Å²) in [5.74, 6) is 2.05. The van der Waals surface area contributed by atoms with Gasteiger partial charge < -0.3 is 14.8 Å². The zero-order valence-corrected chi connectivity index (χ0v) is 15.7. The van der Waals surface area contributed by atoms with Crippen LogP contribution in [0.5, 0.6) is 11.5 Å². The van der Waals surface area contributed by atoms with Crippen molar-refractivity contribution in [2.75, 3.05) is 26.5 Å². The fraction of sp³-hybridized carbons (Fsp3) is 0.316. The first-order valence-electron chi connectivity index (χ1n) is 8.36. The number of amidine groups is 1. The van der Waals surface area contributed by atoms with Crippen molar-refractivity contribution in [2.24, 2.45) is 4.99 Å². The van der Waals surface area contributed by atoms with Gasteiger partial charge in [0.25, 0.3) is 0 Å². The topological polar surface area (TPSA) is 77.0 Å². The van der Waals surface area contributed by atoms with Gasteiger partial charge in [-0.3, -0.25) is 4.99 Å². The summed E-state index contributed by atoms with van der Waals surface area (Å²) >= 11 is 0. The summed E-state index contributed by atoms with van der Waals surface area (Å²) in [6.45, 7) is 1.96. The van der Waals surface area contributed by atoms with Gasteiger partial charge in [-0.25, -0.2) is 8.42 Å². The molecule has 6 nitrogen and oxygen atoms in total. The molecule has 1 N–H and O–H groups in total. The Morgan fingerprint density at radius 1 is 1.15 bits per heavy atom. The van der Waals surface area contributed by atoms with Crippen LogP contribution >= 0.6 is 0 Å². The molecule has 0 aliphatic carbocycles. The third kappa shape index (κ3) is 4.16. The van der Waals surface area contributed by atoms with Crippen LogP contribution in [0.2, 0.25) is 0 Å². The van der Waals surface area contributed by atoms with Gasteiger partial charge in [0, 0.05) is 19.3 Å². The summed E-state index contributed by atoms with van der Waals surface area (Å²) in [4.78, 5) is 4.82. The van der Waals surface area contributed by atoms with Crippen molar-refractivity contribution in [1.29, 1.82) is 0 Å². The molecule has 0 spiro atoms. The number of aliphatic imine (C=N–C) groups is 1. The van der Waals surface area contributed by atoms with Gasteiger partial charge in [-0.2, -0.15) is 0 Å². The average Bonchev–Trinajstić information content (AvgIpc) is 2.66. The van der Waals surface area contributed by atoms with Crippen molar-refractivity contribution in [1.82, 2.24) is 5.32 Å². The molecule has 138 valence electrons. The number of nitrogens with one attached hydrogen (secondary N) is 1. The lowest BCUT2D eigenvalue weighted by Gasteiger charge is -2.19. The van der Waals surface area contributed by atoms with Crippen LogP contribution in [0.15, 0.2) is 52.4 Å². The van der Waals surface area contributed by atoms with Crippen LogP contribution in [-0.4, -0.2) is 40.7 Å². The summed E-state index contributed by atoms with van der Waals surface area (Å²) < 4.78 is 34.6. The van der Waals surface area contributed by atoms with Crippen molar-refractivity contribution in [3.05, 3.63) is 53.6 Å². The number of rotatable bonds is 6. The van der Waals surface area contributed by atoms with Gasteiger partial charge in [0.1, 0.15) is 12.4 Å². The van der Waals surface area contributed by atoms with E-state index in [0.717, 1.165) is 36.5 Å². The number of hydrogen-bond donors (Lipinski definition) is 1. The minimum absolute atomic E-state index is 0.292. The number of hydrogen-bond acceptors (Lipinski definition) is 6. The SMILES string of the molecule is COc1cccc(C2=NCCCN2)c1OCc1ccc(S(C)(=O)=O)cc1. The van der Waals surface area contributed by atoms with E-state index >= 15 is 0 Å². The van der Waals surface area contributed by atoms with E-state index < -0.39 is 9.84 Å². The van der Waals surface area contributed by atoms with E-state index in [1.807, 2.05) is 18.2 Å². The van der Waals surface area contributed by atoms with Gasteiger partial charge >= 0.3 is 0 Å². The fourth-order valence-corrected chi connectivity index (χ4v) is 3.34. The first-order chi connectivity index (χ1) is 12.5. The highest BCUT2D eigenvalue weighted by atomic mass is 32.2. The van der Waals surface area contributed by atoms with Crippen molar-refractivity contribution in [2.45, 2.75) is 17.9 Å². The van der Waals surface area contributed by atoms with Crippen LogP contribution in [0.25, 0.3) is 0 Å². The van der Waals surface area contributed by atoms with Crippen LogP contribution in [0.1, 0.15) is 17.5 Å². The van der Waals surface area contributed by atoms with Gasteiger partial charge in [0.2, 0.25) is 0 Å². The number of para-hydroxylation sites is 1. The molecule has 1 aliphatic heterocycles. The van der Waals surface area contributed by atoms with Crippen molar-refractivity contribution >= 4 is 15.7 Å². The summed E-state index contributed by atoms with van der Waals surface area (Å²) in [5, 5.41) is 3.30. The lowest BCUT2D eigenvalue weighted by atomic mass is 10.1. The molecular weight excluding hydrogens is 352 g/mol. The van der Waals surface area contributed by atoms with Crippen molar-refractivity contribution in [3.8, 4) is 11.5 Å². The molecule has 26 heavy (non-hydrogen) atoms. The summed E-state index contributed by atoms with van der Waals surface area (Å²) in [7, 11) is -1.60. The van der Waals surface area contributed by atoms with E-state index in [1.165, 1.54) is 6.26 Å². The van der Waals surface area contributed by atoms with Gasteiger partial charge in [-0.15, -0.1) is 0 Å². The highest BCUT2D eigenvalue weighted by molar-refractivity contribution is 7.90. The number of ether oxygens (including phenoxy) is 2. The van der Waals surface area contributed by atoms with Crippen LogP contribution in [0.3, 0.4) is 0 Å². The molecule has 0 atom stereocenters.